The van der Waals surface area contributed by atoms with Gasteiger partial charge in [0.05, 0.1) is 17.3 Å². The summed E-state index contributed by atoms with van der Waals surface area (Å²) in [5.74, 6) is -0.281. The number of allylic oxidation sites excluding steroid dienone is 2. The molecule has 122 valence electrons. The number of carbonyl (C=O) groups is 1. The number of aromatic carboxylic acids is 1. The second kappa shape index (κ2) is 6.05. The van der Waals surface area contributed by atoms with Crippen LogP contribution in [0, 0.1) is 5.92 Å². The second-order valence-electron chi connectivity index (χ2n) is 6.25. The number of hydrogen-bond donors (Lipinski definition) is 2. The lowest BCUT2D eigenvalue weighted by Crippen LogP contribution is -2.30. The van der Waals surface area contributed by atoms with Gasteiger partial charge in [-0.05, 0) is 47.7 Å². The van der Waals surface area contributed by atoms with E-state index in [1.165, 1.54) is 5.56 Å². The van der Waals surface area contributed by atoms with Gasteiger partial charge in [0, 0.05) is 14.9 Å². The summed E-state index contributed by atoms with van der Waals surface area (Å²) < 4.78 is 1.84. The summed E-state index contributed by atoms with van der Waals surface area (Å²) in [6, 6.07) is 12.0. The lowest BCUT2D eigenvalue weighted by molar-refractivity contribution is 0.0697. The molecule has 0 bridgehead atoms. The molecule has 3 atom stereocenters. The Labute approximate surface area is 157 Å². The molecule has 0 fully saturated rings. The van der Waals surface area contributed by atoms with Gasteiger partial charge in [-0.3, -0.25) is 0 Å². The van der Waals surface area contributed by atoms with Crippen molar-refractivity contribution in [1.82, 2.24) is 0 Å². The summed E-state index contributed by atoms with van der Waals surface area (Å²) in [4.78, 5) is 11.7. The van der Waals surface area contributed by atoms with Gasteiger partial charge in [-0.2, -0.15) is 0 Å². The second-order valence-corrected chi connectivity index (χ2v) is 8.08. The van der Waals surface area contributed by atoms with Gasteiger partial charge < -0.3 is 10.4 Å². The molecule has 1 aliphatic carbocycles. The van der Waals surface area contributed by atoms with Crippen molar-refractivity contribution in [1.29, 1.82) is 0 Å². The lowest BCUT2D eigenvalue weighted by atomic mass is 9.76. The third-order valence-corrected chi connectivity index (χ3v) is 5.82. The van der Waals surface area contributed by atoms with Gasteiger partial charge in [-0.15, -0.1) is 0 Å². The Bertz CT molecular complexity index is 862. The van der Waals surface area contributed by atoms with Crippen LogP contribution in [0.3, 0.4) is 0 Å². The van der Waals surface area contributed by atoms with Crippen molar-refractivity contribution in [2.24, 2.45) is 5.92 Å². The molecule has 0 radical (unpaired) electrons. The van der Waals surface area contributed by atoms with Crippen molar-refractivity contribution in [2.45, 2.75) is 18.4 Å². The largest absolute Gasteiger partial charge is 0.478 e. The van der Waals surface area contributed by atoms with Crippen LogP contribution in [-0.2, 0) is 0 Å². The zero-order valence-electron chi connectivity index (χ0n) is 12.7. The van der Waals surface area contributed by atoms with Crippen LogP contribution in [0.1, 0.15) is 39.9 Å². The maximum atomic E-state index is 11.7. The van der Waals surface area contributed by atoms with Crippen LogP contribution in [0.4, 0.5) is 5.69 Å². The summed E-state index contributed by atoms with van der Waals surface area (Å²) in [5, 5.41) is 13.1. The van der Waals surface area contributed by atoms with Crippen molar-refractivity contribution < 1.29 is 9.90 Å². The van der Waals surface area contributed by atoms with Crippen LogP contribution >= 0.6 is 31.9 Å². The smallest absolute Gasteiger partial charge is 0.337 e. The Hall–Kier alpha value is -1.59. The number of benzene rings is 2. The molecule has 3 nitrogen and oxygen atoms in total. The topological polar surface area (TPSA) is 49.3 Å². The molecule has 0 saturated carbocycles. The molecule has 0 amide bonds. The molecule has 4 rings (SSSR count). The molecule has 2 aliphatic rings. The van der Waals surface area contributed by atoms with E-state index in [0.717, 1.165) is 26.6 Å². The standard InChI is InChI=1S/C19H15Br2NO2/c20-11-4-1-3-10(7-11)17-14-6-2-5-13(14)15-8-12(21)9-16(19(23)24)18(15)22-17/h1-5,7-9,13-14,17,22H,6H2,(H,23,24). The summed E-state index contributed by atoms with van der Waals surface area (Å²) >= 11 is 6.99. The fourth-order valence-electron chi connectivity index (χ4n) is 3.86. The average molecular weight is 449 g/mol. The highest BCUT2D eigenvalue weighted by Crippen LogP contribution is 2.51. The number of hydrogen-bond acceptors (Lipinski definition) is 2. The third-order valence-electron chi connectivity index (χ3n) is 4.87. The Morgan fingerprint density at radius 1 is 1.17 bits per heavy atom. The van der Waals surface area contributed by atoms with Gasteiger partial charge in [0.25, 0.3) is 0 Å². The zero-order valence-corrected chi connectivity index (χ0v) is 15.8. The highest BCUT2D eigenvalue weighted by molar-refractivity contribution is 9.10. The molecule has 24 heavy (non-hydrogen) atoms. The molecule has 3 unspecified atom stereocenters. The van der Waals surface area contributed by atoms with Crippen molar-refractivity contribution in [3.63, 3.8) is 0 Å². The van der Waals surface area contributed by atoms with Crippen LogP contribution in [0.5, 0.6) is 0 Å². The quantitative estimate of drug-likeness (QED) is 0.576. The molecule has 0 saturated heterocycles. The van der Waals surface area contributed by atoms with Crippen molar-refractivity contribution in [3.8, 4) is 0 Å². The van der Waals surface area contributed by atoms with Crippen LogP contribution in [-0.4, -0.2) is 11.1 Å². The number of anilines is 1. The number of carboxylic acid groups (broad SMARTS) is 1. The Balaban J connectivity index is 1.87. The van der Waals surface area contributed by atoms with E-state index in [1.807, 2.05) is 18.2 Å². The SMILES string of the molecule is O=C(O)c1cc(Br)cc2c1NC(c1cccc(Br)c1)C1CC=CC21. The van der Waals surface area contributed by atoms with E-state index >= 15 is 0 Å². The number of rotatable bonds is 2. The van der Waals surface area contributed by atoms with Gasteiger partial charge in [0.15, 0.2) is 0 Å². The Kier molecular flexibility index (Phi) is 4.01. The molecule has 1 aliphatic heterocycles. The monoisotopic (exact) mass is 447 g/mol. The van der Waals surface area contributed by atoms with Gasteiger partial charge in [-0.25, -0.2) is 4.79 Å². The minimum absolute atomic E-state index is 0.0919. The van der Waals surface area contributed by atoms with E-state index < -0.39 is 5.97 Å². The molecule has 2 aromatic rings. The fraction of sp³-hybridized carbons (Fsp3) is 0.211. The maximum Gasteiger partial charge on any atom is 0.337 e. The minimum atomic E-state index is -0.909. The Morgan fingerprint density at radius 2 is 2.00 bits per heavy atom. The van der Waals surface area contributed by atoms with E-state index in [4.69, 9.17) is 0 Å². The summed E-state index contributed by atoms with van der Waals surface area (Å²) in [7, 11) is 0. The average Bonchev–Trinajstić information content (AvgIpc) is 3.03. The number of nitrogens with one attached hydrogen (secondary N) is 1. The summed E-state index contributed by atoms with van der Waals surface area (Å²) in [5.41, 5.74) is 3.29. The highest BCUT2D eigenvalue weighted by atomic mass is 79.9. The predicted molar refractivity (Wildman–Crippen MR) is 102 cm³/mol. The minimum Gasteiger partial charge on any atom is -0.478 e. The van der Waals surface area contributed by atoms with E-state index in [0.29, 0.717) is 11.5 Å². The van der Waals surface area contributed by atoms with Gasteiger partial charge in [0.1, 0.15) is 0 Å². The highest BCUT2D eigenvalue weighted by Gasteiger charge is 2.39. The molecule has 0 spiro atoms. The van der Waals surface area contributed by atoms with Crippen LogP contribution in [0.15, 0.2) is 57.5 Å². The van der Waals surface area contributed by atoms with E-state index in [9.17, 15) is 9.90 Å². The molecule has 0 aromatic heterocycles. The van der Waals surface area contributed by atoms with Gasteiger partial charge in [-0.1, -0.05) is 56.1 Å². The summed E-state index contributed by atoms with van der Waals surface area (Å²) in [6.07, 6.45) is 5.41. The normalized spacial score (nSPS) is 24.2. The molecule has 5 heteroatoms. The zero-order chi connectivity index (χ0) is 16.8. The van der Waals surface area contributed by atoms with Gasteiger partial charge >= 0.3 is 5.97 Å². The molecule has 2 N–H and O–H groups in total. The van der Waals surface area contributed by atoms with E-state index in [2.05, 4.69) is 61.5 Å². The molecular weight excluding hydrogens is 434 g/mol. The first-order chi connectivity index (χ1) is 11.5. The third kappa shape index (κ3) is 2.60. The molecular formula is C19H15Br2NO2. The number of fused-ring (bicyclic) bond motifs is 3. The first-order valence-corrected chi connectivity index (χ1v) is 9.38. The van der Waals surface area contributed by atoms with E-state index in [1.54, 1.807) is 6.07 Å². The van der Waals surface area contributed by atoms with Crippen LogP contribution < -0.4 is 5.32 Å². The van der Waals surface area contributed by atoms with Crippen LogP contribution in [0.2, 0.25) is 0 Å². The molecule has 2 aromatic carbocycles. The fourth-order valence-corrected chi connectivity index (χ4v) is 4.76. The van der Waals surface area contributed by atoms with Gasteiger partial charge in [0.2, 0.25) is 0 Å². The van der Waals surface area contributed by atoms with Crippen molar-refractivity contribution in [2.75, 3.05) is 5.32 Å². The first kappa shape index (κ1) is 15.9. The van der Waals surface area contributed by atoms with Crippen molar-refractivity contribution in [3.05, 3.63) is 74.2 Å². The van der Waals surface area contributed by atoms with E-state index in [-0.39, 0.29) is 12.0 Å². The summed E-state index contributed by atoms with van der Waals surface area (Å²) in [6.45, 7) is 0. The number of halogens is 2. The predicted octanol–water partition coefficient (Wildman–Crippen LogP) is 5.74. The van der Waals surface area contributed by atoms with Crippen molar-refractivity contribution >= 4 is 43.5 Å². The Morgan fingerprint density at radius 3 is 2.75 bits per heavy atom. The number of carboxylic acids is 1. The lowest BCUT2D eigenvalue weighted by Gasteiger charge is -2.38. The maximum absolute atomic E-state index is 11.7. The first-order valence-electron chi connectivity index (χ1n) is 7.80. The molecule has 1 heterocycles. The van der Waals surface area contributed by atoms with Crippen LogP contribution in [0.25, 0.3) is 0 Å².